The topological polar surface area (TPSA) is 123 Å². The molecule has 3 N–H and O–H groups in total. The Bertz CT molecular complexity index is 1210. The molecule has 0 aromatic heterocycles. The summed E-state index contributed by atoms with van der Waals surface area (Å²) in [6.07, 6.45) is 0. The number of anilines is 1. The van der Waals surface area contributed by atoms with Gasteiger partial charge in [-0.3, -0.25) is 25.2 Å². The molecule has 0 saturated carbocycles. The largest absolute Gasteiger partial charge is 0.497 e. The van der Waals surface area contributed by atoms with Crippen LogP contribution in [-0.2, 0) is 10.0 Å². The van der Waals surface area contributed by atoms with E-state index in [-0.39, 0.29) is 10.5 Å². The molecule has 33 heavy (non-hydrogen) atoms. The van der Waals surface area contributed by atoms with Gasteiger partial charge >= 0.3 is 0 Å². The first-order valence-corrected chi connectivity index (χ1v) is 11.4. The summed E-state index contributed by atoms with van der Waals surface area (Å²) in [5, 5.41) is 0. The van der Waals surface area contributed by atoms with Gasteiger partial charge in [-0.2, -0.15) is 0 Å². The molecule has 3 aromatic carbocycles. The van der Waals surface area contributed by atoms with Crippen LogP contribution in [0.4, 0.5) is 5.69 Å². The molecule has 0 saturated heterocycles. The third-order valence-electron chi connectivity index (χ3n) is 4.49. The van der Waals surface area contributed by atoms with E-state index in [4.69, 9.17) is 9.47 Å². The van der Waals surface area contributed by atoms with Gasteiger partial charge in [-0.15, -0.1) is 0 Å². The molecule has 0 atom stereocenters. The maximum atomic E-state index is 12.6. The van der Waals surface area contributed by atoms with E-state index in [9.17, 15) is 18.0 Å². The van der Waals surface area contributed by atoms with Crippen LogP contribution in [0.3, 0.4) is 0 Å². The number of carbonyl (C=O) groups excluding carboxylic acids is 2. The van der Waals surface area contributed by atoms with Crippen LogP contribution in [0.15, 0.2) is 77.7 Å². The molecular formula is C23H23N3O6S. The highest BCUT2D eigenvalue weighted by molar-refractivity contribution is 7.92. The van der Waals surface area contributed by atoms with Crippen molar-refractivity contribution in [2.45, 2.75) is 11.8 Å². The van der Waals surface area contributed by atoms with Gasteiger partial charge in [-0.25, -0.2) is 8.42 Å². The highest BCUT2D eigenvalue weighted by Gasteiger charge is 2.16. The number of amides is 2. The number of methoxy groups -OCH3 is 1. The van der Waals surface area contributed by atoms with Crippen LogP contribution in [0.5, 0.6) is 11.5 Å². The summed E-state index contributed by atoms with van der Waals surface area (Å²) in [7, 11) is -2.33. The molecule has 2 amide bonds. The summed E-state index contributed by atoms with van der Waals surface area (Å²) in [5.74, 6) is 0.133. The van der Waals surface area contributed by atoms with E-state index < -0.39 is 21.8 Å². The van der Waals surface area contributed by atoms with Crippen molar-refractivity contribution in [3.05, 3.63) is 83.9 Å². The molecule has 0 radical (unpaired) electrons. The van der Waals surface area contributed by atoms with Gasteiger partial charge in [-0.1, -0.05) is 0 Å². The molecule has 3 rings (SSSR count). The van der Waals surface area contributed by atoms with E-state index in [1.54, 1.807) is 48.5 Å². The smallest absolute Gasteiger partial charge is 0.269 e. The van der Waals surface area contributed by atoms with Crippen molar-refractivity contribution in [1.82, 2.24) is 10.9 Å². The standard InChI is InChI=1S/C23H23N3O6S/c1-3-32-20-10-4-16(5-11-20)22(27)24-25-23(28)17-6-14-21(15-7-17)33(29,30)26-18-8-12-19(31-2)13-9-18/h4-15,26H,3H2,1-2H3,(H,24,27)(H,25,28). The summed E-state index contributed by atoms with van der Waals surface area (Å²) in [5.41, 5.74) is 5.49. The SMILES string of the molecule is CCOc1ccc(C(=O)NNC(=O)c2ccc(S(=O)(=O)Nc3ccc(OC)cc3)cc2)cc1. The first-order chi connectivity index (χ1) is 15.8. The van der Waals surface area contributed by atoms with Gasteiger partial charge in [0, 0.05) is 16.8 Å². The maximum absolute atomic E-state index is 12.6. The number of nitrogens with one attached hydrogen (secondary N) is 3. The number of hydrogen-bond acceptors (Lipinski definition) is 6. The van der Waals surface area contributed by atoms with Gasteiger partial charge in [0.2, 0.25) is 0 Å². The van der Waals surface area contributed by atoms with Crippen LogP contribution >= 0.6 is 0 Å². The highest BCUT2D eigenvalue weighted by Crippen LogP contribution is 2.19. The Balaban J connectivity index is 1.59. The van der Waals surface area contributed by atoms with E-state index in [2.05, 4.69) is 15.6 Å². The van der Waals surface area contributed by atoms with Crippen LogP contribution < -0.4 is 25.0 Å². The average molecular weight is 470 g/mol. The fourth-order valence-corrected chi connectivity index (χ4v) is 3.84. The lowest BCUT2D eigenvalue weighted by Gasteiger charge is -2.10. The Kier molecular flexibility index (Phi) is 7.52. The lowest BCUT2D eigenvalue weighted by molar-refractivity contribution is 0.0846. The molecule has 3 aromatic rings. The molecule has 0 aliphatic rings. The minimum Gasteiger partial charge on any atom is -0.497 e. The van der Waals surface area contributed by atoms with Crippen LogP contribution in [0.2, 0.25) is 0 Å². The Morgan fingerprint density at radius 3 is 1.73 bits per heavy atom. The van der Waals surface area contributed by atoms with Gasteiger partial charge in [0.1, 0.15) is 11.5 Å². The van der Waals surface area contributed by atoms with Crippen LogP contribution in [-0.4, -0.2) is 33.9 Å². The quantitative estimate of drug-likeness (QED) is 0.436. The van der Waals surface area contributed by atoms with Crippen molar-refractivity contribution in [2.75, 3.05) is 18.4 Å². The van der Waals surface area contributed by atoms with Crippen LogP contribution in [0.25, 0.3) is 0 Å². The van der Waals surface area contributed by atoms with Gasteiger partial charge in [0.25, 0.3) is 21.8 Å². The normalized spacial score (nSPS) is 10.7. The molecule has 9 nitrogen and oxygen atoms in total. The van der Waals surface area contributed by atoms with Crippen molar-refractivity contribution < 1.29 is 27.5 Å². The third-order valence-corrected chi connectivity index (χ3v) is 5.88. The molecule has 10 heteroatoms. The number of hydrazine groups is 1. The Morgan fingerprint density at radius 2 is 1.24 bits per heavy atom. The number of hydrogen-bond donors (Lipinski definition) is 3. The third kappa shape index (κ3) is 6.23. The fourth-order valence-electron chi connectivity index (χ4n) is 2.79. The van der Waals surface area contributed by atoms with Gasteiger partial charge in [-0.05, 0) is 79.7 Å². The zero-order valence-corrected chi connectivity index (χ0v) is 18.8. The maximum Gasteiger partial charge on any atom is 0.269 e. The van der Waals surface area contributed by atoms with E-state index in [1.807, 2.05) is 6.92 Å². The minimum atomic E-state index is -3.85. The molecule has 0 bridgehead atoms. The van der Waals surface area contributed by atoms with Crippen molar-refractivity contribution in [3.63, 3.8) is 0 Å². The molecule has 172 valence electrons. The van der Waals surface area contributed by atoms with Crippen molar-refractivity contribution in [2.24, 2.45) is 0 Å². The Labute approximate surface area is 191 Å². The average Bonchev–Trinajstić information content (AvgIpc) is 2.83. The zero-order chi connectivity index (χ0) is 23.8. The summed E-state index contributed by atoms with van der Waals surface area (Å²) in [6.45, 7) is 2.37. The van der Waals surface area contributed by atoms with E-state index in [0.717, 1.165) is 0 Å². The number of rotatable bonds is 8. The van der Waals surface area contributed by atoms with Crippen LogP contribution in [0.1, 0.15) is 27.6 Å². The number of ether oxygens (including phenoxy) is 2. The molecule has 0 aliphatic carbocycles. The molecule has 0 heterocycles. The number of carbonyl (C=O) groups is 2. The second-order valence-corrected chi connectivity index (χ2v) is 8.41. The second-order valence-electron chi connectivity index (χ2n) is 6.72. The van der Waals surface area contributed by atoms with E-state index >= 15 is 0 Å². The molecule has 0 aliphatic heterocycles. The van der Waals surface area contributed by atoms with E-state index in [1.165, 1.54) is 31.4 Å². The number of benzene rings is 3. The van der Waals surface area contributed by atoms with Gasteiger partial charge in [0.15, 0.2) is 0 Å². The molecule has 0 spiro atoms. The zero-order valence-electron chi connectivity index (χ0n) is 18.0. The van der Waals surface area contributed by atoms with Gasteiger partial charge < -0.3 is 9.47 Å². The Hall–Kier alpha value is -4.05. The Morgan fingerprint density at radius 1 is 0.758 bits per heavy atom. The lowest BCUT2D eigenvalue weighted by atomic mass is 10.2. The van der Waals surface area contributed by atoms with E-state index in [0.29, 0.717) is 29.4 Å². The first-order valence-electron chi connectivity index (χ1n) is 9.93. The second kappa shape index (κ2) is 10.5. The molecule has 0 unspecified atom stereocenters. The van der Waals surface area contributed by atoms with Crippen molar-refractivity contribution in [3.8, 4) is 11.5 Å². The van der Waals surface area contributed by atoms with Crippen molar-refractivity contribution in [1.29, 1.82) is 0 Å². The van der Waals surface area contributed by atoms with Crippen LogP contribution in [0, 0.1) is 0 Å². The summed E-state index contributed by atoms with van der Waals surface area (Å²) in [6, 6.07) is 18.2. The summed E-state index contributed by atoms with van der Waals surface area (Å²) in [4.78, 5) is 24.5. The number of sulfonamides is 1. The minimum absolute atomic E-state index is 0.0201. The van der Waals surface area contributed by atoms with Gasteiger partial charge in [0.05, 0.1) is 18.6 Å². The lowest BCUT2D eigenvalue weighted by Crippen LogP contribution is -2.41. The predicted molar refractivity (Wildman–Crippen MR) is 123 cm³/mol. The summed E-state index contributed by atoms with van der Waals surface area (Å²) >= 11 is 0. The molecule has 0 fully saturated rings. The predicted octanol–water partition coefficient (Wildman–Crippen LogP) is 2.97. The monoisotopic (exact) mass is 469 g/mol. The highest BCUT2D eigenvalue weighted by atomic mass is 32.2. The summed E-state index contributed by atoms with van der Waals surface area (Å²) < 4.78 is 38.0. The first kappa shape index (κ1) is 23.6. The van der Waals surface area contributed by atoms with Crippen molar-refractivity contribution >= 4 is 27.5 Å². The molecular weight excluding hydrogens is 446 g/mol. The fraction of sp³-hybridized carbons (Fsp3) is 0.130.